The standard InChI is InChI=1S/C15H24N2O3S/c1-5-9-17(10-6-2)15(18)13-11-12(3)7-8-14(13)16-21(4,19)20/h7-8,11,16H,5-6,9-10H2,1-4H3. The van der Waals surface area contributed by atoms with Crippen LogP contribution in [0.3, 0.4) is 0 Å². The van der Waals surface area contributed by atoms with Crippen molar-refractivity contribution in [1.82, 2.24) is 4.90 Å². The summed E-state index contributed by atoms with van der Waals surface area (Å²) in [5.74, 6) is -0.131. The Morgan fingerprint density at radius 1 is 1.19 bits per heavy atom. The van der Waals surface area contributed by atoms with Gasteiger partial charge in [0.05, 0.1) is 17.5 Å². The summed E-state index contributed by atoms with van der Waals surface area (Å²) in [6.07, 6.45) is 2.82. The smallest absolute Gasteiger partial charge is 0.255 e. The number of hydrogen-bond acceptors (Lipinski definition) is 3. The summed E-state index contributed by atoms with van der Waals surface area (Å²) in [6.45, 7) is 7.24. The predicted octanol–water partition coefficient (Wildman–Crippen LogP) is 2.63. The molecule has 0 fully saturated rings. The van der Waals surface area contributed by atoms with Gasteiger partial charge in [0.25, 0.3) is 5.91 Å². The second-order valence-corrected chi connectivity index (χ2v) is 6.96. The summed E-state index contributed by atoms with van der Waals surface area (Å²) >= 11 is 0. The van der Waals surface area contributed by atoms with Gasteiger partial charge in [-0.05, 0) is 31.9 Å². The lowest BCUT2D eigenvalue weighted by Crippen LogP contribution is -2.33. The molecule has 0 radical (unpaired) electrons. The summed E-state index contributed by atoms with van der Waals surface area (Å²) in [4.78, 5) is 14.4. The minimum absolute atomic E-state index is 0.131. The molecule has 0 unspecified atom stereocenters. The molecular weight excluding hydrogens is 288 g/mol. The molecule has 21 heavy (non-hydrogen) atoms. The van der Waals surface area contributed by atoms with Gasteiger partial charge in [0.2, 0.25) is 10.0 Å². The van der Waals surface area contributed by atoms with E-state index in [1.54, 1.807) is 23.1 Å². The van der Waals surface area contributed by atoms with E-state index in [-0.39, 0.29) is 5.91 Å². The second-order valence-electron chi connectivity index (χ2n) is 5.22. The summed E-state index contributed by atoms with van der Waals surface area (Å²) in [6, 6.07) is 5.15. The SMILES string of the molecule is CCCN(CCC)C(=O)c1cc(C)ccc1NS(C)(=O)=O. The van der Waals surface area contributed by atoms with Crippen molar-refractivity contribution in [2.45, 2.75) is 33.6 Å². The number of carbonyl (C=O) groups excluding carboxylic acids is 1. The zero-order valence-corrected chi connectivity index (χ0v) is 14.0. The zero-order valence-electron chi connectivity index (χ0n) is 13.1. The van der Waals surface area contributed by atoms with Gasteiger partial charge < -0.3 is 4.90 Å². The molecule has 5 nitrogen and oxygen atoms in total. The van der Waals surface area contributed by atoms with Crippen molar-refractivity contribution in [1.29, 1.82) is 0 Å². The fraction of sp³-hybridized carbons (Fsp3) is 0.533. The van der Waals surface area contributed by atoms with E-state index in [0.29, 0.717) is 24.3 Å². The topological polar surface area (TPSA) is 66.5 Å². The van der Waals surface area contributed by atoms with E-state index in [1.807, 2.05) is 20.8 Å². The first-order valence-corrected chi connectivity index (χ1v) is 9.05. The van der Waals surface area contributed by atoms with E-state index in [9.17, 15) is 13.2 Å². The van der Waals surface area contributed by atoms with Crippen LogP contribution in [0, 0.1) is 6.92 Å². The molecule has 6 heteroatoms. The summed E-state index contributed by atoms with van der Waals surface area (Å²) in [5, 5.41) is 0. The Bertz CT molecular complexity index is 591. The summed E-state index contributed by atoms with van der Waals surface area (Å²) in [7, 11) is -3.42. The van der Waals surface area contributed by atoms with Crippen LogP contribution in [0.2, 0.25) is 0 Å². The first-order chi connectivity index (χ1) is 9.78. The van der Waals surface area contributed by atoms with Crippen molar-refractivity contribution in [3.63, 3.8) is 0 Å². The van der Waals surface area contributed by atoms with Gasteiger partial charge >= 0.3 is 0 Å². The molecule has 0 saturated heterocycles. The van der Waals surface area contributed by atoms with Crippen molar-refractivity contribution < 1.29 is 13.2 Å². The van der Waals surface area contributed by atoms with Crippen LogP contribution < -0.4 is 4.72 Å². The zero-order chi connectivity index (χ0) is 16.0. The normalized spacial score (nSPS) is 11.2. The number of carbonyl (C=O) groups is 1. The maximum atomic E-state index is 12.7. The molecule has 0 bridgehead atoms. The van der Waals surface area contributed by atoms with Crippen molar-refractivity contribution in [2.24, 2.45) is 0 Å². The van der Waals surface area contributed by atoms with Crippen LogP contribution in [0.1, 0.15) is 42.6 Å². The highest BCUT2D eigenvalue weighted by Crippen LogP contribution is 2.21. The number of nitrogens with zero attached hydrogens (tertiary/aromatic N) is 1. The third kappa shape index (κ3) is 5.38. The lowest BCUT2D eigenvalue weighted by molar-refractivity contribution is 0.0756. The highest BCUT2D eigenvalue weighted by Gasteiger charge is 2.19. The first kappa shape index (κ1) is 17.5. The Labute approximate surface area is 127 Å². The fourth-order valence-corrected chi connectivity index (χ4v) is 2.73. The van der Waals surface area contributed by atoms with Gasteiger partial charge in [0.1, 0.15) is 0 Å². The molecule has 0 heterocycles. The number of amides is 1. The molecule has 0 atom stereocenters. The molecule has 0 saturated carbocycles. The lowest BCUT2D eigenvalue weighted by Gasteiger charge is -2.23. The molecule has 0 aliphatic heterocycles. The quantitative estimate of drug-likeness (QED) is 0.841. The molecule has 0 aliphatic rings. The van der Waals surface area contributed by atoms with Crippen LogP contribution in [-0.4, -0.2) is 38.6 Å². The van der Waals surface area contributed by atoms with Gasteiger partial charge in [0.15, 0.2) is 0 Å². The van der Waals surface area contributed by atoms with E-state index in [0.717, 1.165) is 24.7 Å². The molecule has 1 aromatic carbocycles. The number of anilines is 1. The number of hydrogen-bond donors (Lipinski definition) is 1. The number of rotatable bonds is 7. The number of aryl methyl sites for hydroxylation is 1. The Morgan fingerprint density at radius 2 is 1.76 bits per heavy atom. The summed E-state index contributed by atoms with van der Waals surface area (Å²) in [5.41, 5.74) is 1.66. The van der Waals surface area contributed by atoms with Crippen LogP contribution in [0.25, 0.3) is 0 Å². The Kier molecular flexibility index (Phi) is 6.20. The van der Waals surface area contributed by atoms with Crippen molar-refractivity contribution in [2.75, 3.05) is 24.1 Å². The third-order valence-corrected chi connectivity index (χ3v) is 3.57. The average molecular weight is 312 g/mol. The van der Waals surface area contributed by atoms with E-state index in [4.69, 9.17) is 0 Å². The molecule has 0 spiro atoms. The highest BCUT2D eigenvalue weighted by atomic mass is 32.2. The number of benzene rings is 1. The molecule has 1 rings (SSSR count). The fourth-order valence-electron chi connectivity index (χ4n) is 2.15. The maximum Gasteiger partial charge on any atom is 0.255 e. The van der Waals surface area contributed by atoms with Crippen LogP contribution in [0.4, 0.5) is 5.69 Å². The molecular formula is C15H24N2O3S. The van der Waals surface area contributed by atoms with Crippen molar-refractivity contribution in [3.8, 4) is 0 Å². The van der Waals surface area contributed by atoms with E-state index >= 15 is 0 Å². The Hall–Kier alpha value is -1.56. The molecule has 0 aromatic heterocycles. The maximum absolute atomic E-state index is 12.7. The number of nitrogens with one attached hydrogen (secondary N) is 1. The predicted molar refractivity (Wildman–Crippen MR) is 86.1 cm³/mol. The van der Waals surface area contributed by atoms with E-state index in [2.05, 4.69) is 4.72 Å². The van der Waals surface area contributed by atoms with Crippen LogP contribution >= 0.6 is 0 Å². The van der Waals surface area contributed by atoms with Crippen LogP contribution in [-0.2, 0) is 10.0 Å². The van der Waals surface area contributed by atoms with Crippen LogP contribution in [0.5, 0.6) is 0 Å². The van der Waals surface area contributed by atoms with Gasteiger partial charge in [-0.15, -0.1) is 0 Å². The Balaban J connectivity index is 3.19. The van der Waals surface area contributed by atoms with Gasteiger partial charge in [-0.3, -0.25) is 9.52 Å². The molecule has 1 amide bonds. The average Bonchev–Trinajstić information content (AvgIpc) is 2.38. The van der Waals surface area contributed by atoms with Crippen LogP contribution in [0.15, 0.2) is 18.2 Å². The molecule has 118 valence electrons. The van der Waals surface area contributed by atoms with Gasteiger partial charge in [-0.1, -0.05) is 25.5 Å². The molecule has 1 aromatic rings. The Morgan fingerprint density at radius 3 is 2.24 bits per heavy atom. The largest absolute Gasteiger partial charge is 0.339 e. The van der Waals surface area contributed by atoms with Crippen molar-refractivity contribution >= 4 is 21.6 Å². The molecule has 0 aliphatic carbocycles. The molecule has 1 N–H and O–H groups in total. The van der Waals surface area contributed by atoms with E-state index < -0.39 is 10.0 Å². The van der Waals surface area contributed by atoms with Crippen molar-refractivity contribution in [3.05, 3.63) is 29.3 Å². The number of sulfonamides is 1. The monoisotopic (exact) mass is 312 g/mol. The van der Waals surface area contributed by atoms with Gasteiger partial charge in [0, 0.05) is 13.1 Å². The third-order valence-electron chi connectivity index (χ3n) is 2.98. The first-order valence-electron chi connectivity index (χ1n) is 7.16. The van der Waals surface area contributed by atoms with E-state index in [1.165, 1.54) is 0 Å². The van der Waals surface area contributed by atoms with Gasteiger partial charge in [-0.25, -0.2) is 8.42 Å². The second kappa shape index (κ2) is 7.45. The lowest BCUT2D eigenvalue weighted by atomic mass is 10.1. The highest BCUT2D eigenvalue weighted by molar-refractivity contribution is 7.92. The summed E-state index contributed by atoms with van der Waals surface area (Å²) < 4.78 is 25.3. The van der Waals surface area contributed by atoms with Gasteiger partial charge in [-0.2, -0.15) is 0 Å². The minimum atomic E-state index is -3.42. The minimum Gasteiger partial charge on any atom is -0.339 e.